The number of aromatic nitrogens is 3. The lowest BCUT2D eigenvalue weighted by molar-refractivity contribution is 0.340. The number of hydrogen-bond acceptors (Lipinski definition) is 4. The number of hydrogen-bond donors (Lipinski definition) is 1. The van der Waals surface area contributed by atoms with Gasteiger partial charge in [-0.2, -0.15) is 0 Å². The Kier molecular flexibility index (Phi) is 3.48. The number of pyridine rings is 1. The fourth-order valence-electron chi connectivity index (χ4n) is 2.87. The van der Waals surface area contributed by atoms with Crippen LogP contribution in [0.2, 0.25) is 0 Å². The van der Waals surface area contributed by atoms with Gasteiger partial charge in [0.15, 0.2) is 5.65 Å². The largest absolute Gasteiger partial charge is 0.326 e. The van der Waals surface area contributed by atoms with E-state index >= 15 is 0 Å². The molecule has 1 aliphatic rings. The summed E-state index contributed by atoms with van der Waals surface area (Å²) in [7, 11) is 0. The fraction of sp³-hybridized carbons (Fsp3) is 0.571. The zero-order chi connectivity index (χ0) is 13.2. The summed E-state index contributed by atoms with van der Waals surface area (Å²) >= 11 is 0. The number of nitrogens with zero attached hydrogens (tertiary/aromatic N) is 4. The van der Waals surface area contributed by atoms with Crippen LogP contribution in [-0.4, -0.2) is 39.1 Å². The van der Waals surface area contributed by atoms with Crippen LogP contribution >= 0.6 is 0 Å². The van der Waals surface area contributed by atoms with Crippen LogP contribution in [0.25, 0.3) is 5.65 Å². The molecule has 1 fully saturated rings. The molecule has 0 saturated carbocycles. The second kappa shape index (κ2) is 5.27. The molecule has 0 amide bonds. The smallest absolute Gasteiger partial charge is 0.161 e. The minimum absolute atomic E-state index is 0.548. The molecule has 0 radical (unpaired) electrons. The molecule has 3 heterocycles. The Morgan fingerprint density at radius 2 is 2.32 bits per heavy atom. The molecule has 3 rings (SSSR count). The van der Waals surface area contributed by atoms with Gasteiger partial charge in [-0.3, -0.25) is 4.40 Å². The number of nitrogens with two attached hydrogens (primary N) is 1. The second-order valence-electron chi connectivity index (χ2n) is 5.34. The van der Waals surface area contributed by atoms with Gasteiger partial charge in [0.2, 0.25) is 0 Å². The normalized spacial score (nSPS) is 20.4. The van der Waals surface area contributed by atoms with Crippen molar-refractivity contribution >= 4 is 5.65 Å². The zero-order valence-electron chi connectivity index (χ0n) is 11.4. The monoisotopic (exact) mass is 259 g/mol. The van der Waals surface area contributed by atoms with E-state index in [0.29, 0.717) is 12.5 Å². The van der Waals surface area contributed by atoms with Crippen LogP contribution in [-0.2, 0) is 13.0 Å². The van der Waals surface area contributed by atoms with Crippen molar-refractivity contribution in [3.05, 3.63) is 29.7 Å². The van der Waals surface area contributed by atoms with E-state index in [0.717, 1.165) is 30.0 Å². The van der Waals surface area contributed by atoms with Crippen molar-refractivity contribution in [3.8, 4) is 0 Å². The maximum atomic E-state index is 5.65. The third-order valence-electron chi connectivity index (χ3n) is 4.07. The van der Waals surface area contributed by atoms with Crippen molar-refractivity contribution < 1.29 is 0 Å². The van der Waals surface area contributed by atoms with Gasteiger partial charge in [-0.25, -0.2) is 0 Å². The Hall–Kier alpha value is -1.46. The Labute approximate surface area is 113 Å². The van der Waals surface area contributed by atoms with Crippen molar-refractivity contribution in [1.29, 1.82) is 0 Å². The molecular formula is C14H21N5. The molecule has 0 spiro atoms. The topological polar surface area (TPSA) is 59.5 Å². The summed E-state index contributed by atoms with van der Waals surface area (Å²) in [4.78, 5) is 2.50. The van der Waals surface area contributed by atoms with Gasteiger partial charge in [0.05, 0.1) is 0 Å². The van der Waals surface area contributed by atoms with Gasteiger partial charge in [-0.15, -0.1) is 10.2 Å². The molecule has 2 N–H and O–H groups in total. The van der Waals surface area contributed by atoms with Crippen molar-refractivity contribution in [2.45, 2.75) is 26.3 Å². The Balaban J connectivity index is 1.78. The molecule has 0 bridgehead atoms. The molecule has 0 aliphatic carbocycles. The van der Waals surface area contributed by atoms with Crippen LogP contribution < -0.4 is 5.73 Å². The zero-order valence-corrected chi connectivity index (χ0v) is 11.4. The van der Waals surface area contributed by atoms with Crippen LogP contribution in [0, 0.1) is 5.92 Å². The van der Waals surface area contributed by atoms with E-state index in [1.807, 2.05) is 18.3 Å². The first-order valence-corrected chi connectivity index (χ1v) is 7.05. The molecule has 0 aromatic carbocycles. The van der Waals surface area contributed by atoms with Gasteiger partial charge in [0.1, 0.15) is 5.82 Å². The van der Waals surface area contributed by atoms with Crippen molar-refractivity contribution in [2.75, 3.05) is 19.6 Å². The summed E-state index contributed by atoms with van der Waals surface area (Å²) in [6.45, 7) is 6.33. The third kappa shape index (κ3) is 2.48. The van der Waals surface area contributed by atoms with Crippen LogP contribution in [0.15, 0.2) is 18.3 Å². The number of rotatable bonds is 4. The average molecular weight is 259 g/mol. The van der Waals surface area contributed by atoms with E-state index in [-0.39, 0.29) is 0 Å². The van der Waals surface area contributed by atoms with Gasteiger partial charge < -0.3 is 10.6 Å². The van der Waals surface area contributed by atoms with Crippen molar-refractivity contribution in [2.24, 2.45) is 11.7 Å². The summed E-state index contributed by atoms with van der Waals surface area (Å²) in [5.74, 6) is 1.78. The molecule has 5 heteroatoms. The van der Waals surface area contributed by atoms with Gasteiger partial charge in [-0.1, -0.05) is 6.92 Å². The maximum absolute atomic E-state index is 5.65. The van der Waals surface area contributed by atoms with E-state index in [2.05, 4.69) is 26.4 Å². The van der Waals surface area contributed by atoms with E-state index in [1.54, 1.807) is 0 Å². The number of likely N-dealkylation sites (tertiary alicyclic amines) is 1. The first-order valence-electron chi connectivity index (χ1n) is 7.05. The SMILES string of the molecule is CCN1CCC(Cc2nnc3cc(CN)ccn23)C1. The first kappa shape index (κ1) is 12.6. The minimum atomic E-state index is 0.548. The molecular weight excluding hydrogens is 238 g/mol. The van der Waals surface area contributed by atoms with Gasteiger partial charge in [0, 0.05) is 25.7 Å². The van der Waals surface area contributed by atoms with E-state index in [9.17, 15) is 0 Å². The van der Waals surface area contributed by atoms with E-state index in [4.69, 9.17) is 5.73 Å². The van der Waals surface area contributed by atoms with E-state index in [1.165, 1.54) is 19.5 Å². The predicted molar refractivity (Wildman–Crippen MR) is 74.8 cm³/mol. The quantitative estimate of drug-likeness (QED) is 0.892. The highest BCUT2D eigenvalue weighted by Crippen LogP contribution is 2.20. The number of fused-ring (bicyclic) bond motifs is 1. The van der Waals surface area contributed by atoms with Crippen molar-refractivity contribution in [3.63, 3.8) is 0 Å². The molecule has 2 aromatic heterocycles. The standard InChI is InChI=1S/C14H21N5/c1-2-18-5-3-12(10-18)8-14-17-16-13-7-11(9-15)4-6-19(13)14/h4,6-7,12H,2-3,5,8-10,15H2,1H3. The van der Waals surface area contributed by atoms with Crippen LogP contribution in [0.1, 0.15) is 24.7 Å². The molecule has 1 atom stereocenters. The molecule has 2 aromatic rings. The highest BCUT2D eigenvalue weighted by Gasteiger charge is 2.23. The maximum Gasteiger partial charge on any atom is 0.161 e. The van der Waals surface area contributed by atoms with E-state index < -0.39 is 0 Å². The molecule has 1 aliphatic heterocycles. The minimum Gasteiger partial charge on any atom is -0.326 e. The van der Waals surface area contributed by atoms with Crippen LogP contribution in [0.3, 0.4) is 0 Å². The molecule has 19 heavy (non-hydrogen) atoms. The Bertz CT molecular complexity index is 562. The highest BCUT2D eigenvalue weighted by atomic mass is 15.2. The summed E-state index contributed by atoms with van der Waals surface area (Å²) in [6.07, 6.45) is 4.32. The lowest BCUT2D eigenvalue weighted by atomic mass is 10.0. The Morgan fingerprint density at radius 1 is 1.42 bits per heavy atom. The second-order valence-corrected chi connectivity index (χ2v) is 5.34. The molecule has 102 valence electrons. The van der Waals surface area contributed by atoms with Gasteiger partial charge >= 0.3 is 0 Å². The van der Waals surface area contributed by atoms with Gasteiger partial charge in [-0.05, 0) is 43.1 Å². The average Bonchev–Trinajstić information content (AvgIpc) is 3.06. The summed E-state index contributed by atoms with van der Waals surface area (Å²) in [5.41, 5.74) is 7.65. The molecule has 1 unspecified atom stereocenters. The highest BCUT2D eigenvalue weighted by molar-refractivity contribution is 5.41. The molecule has 1 saturated heterocycles. The summed E-state index contributed by atoms with van der Waals surface area (Å²) in [6, 6.07) is 4.07. The Morgan fingerprint density at radius 3 is 3.05 bits per heavy atom. The third-order valence-corrected chi connectivity index (χ3v) is 4.07. The lowest BCUT2D eigenvalue weighted by Gasteiger charge is -2.12. The summed E-state index contributed by atoms with van der Waals surface area (Å²) < 4.78 is 2.09. The summed E-state index contributed by atoms with van der Waals surface area (Å²) in [5, 5.41) is 8.59. The predicted octanol–water partition coefficient (Wildman–Crippen LogP) is 1.07. The fourth-order valence-corrected chi connectivity index (χ4v) is 2.87. The lowest BCUT2D eigenvalue weighted by Crippen LogP contribution is -2.20. The van der Waals surface area contributed by atoms with Crippen LogP contribution in [0.5, 0.6) is 0 Å². The van der Waals surface area contributed by atoms with Crippen LogP contribution in [0.4, 0.5) is 0 Å². The first-order chi connectivity index (χ1) is 9.30. The molecule has 5 nitrogen and oxygen atoms in total. The van der Waals surface area contributed by atoms with Crippen molar-refractivity contribution in [1.82, 2.24) is 19.5 Å². The van der Waals surface area contributed by atoms with Gasteiger partial charge in [0.25, 0.3) is 0 Å².